The SMILES string of the molecule is CSCC(C)CNCC(O)COC(C)c1ccccc1. The maximum absolute atomic E-state index is 9.90. The first-order valence-electron chi connectivity index (χ1n) is 7.17. The molecule has 0 aliphatic heterocycles. The van der Waals surface area contributed by atoms with Crippen LogP contribution in [0.4, 0.5) is 0 Å². The van der Waals surface area contributed by atoms with Crippen molar-refractivity contribution < 1.29 is 9.84 Å². The summed E-state index contributed by atoms with van der Waals surface area (Å²) < 4.78 is 5.70. The highest BCUT2D eigenvalue weighted by atomic mass is 32.2. The summed E-state index contributed by atoms with van der Waals surface area (Å²) in [6, 6.07) is 10.1. The Morgan fingerprint density at radius 3 is 2.55 bits per heavy atom. The van der Waals surface area contributed by atoms with E-state index in [-0.39, 0.29) is 6.10 Å². The summed E-state index contributed by atoms with van der Waals surface area (Å²) >= 11 is 1.85. The third-order valence-corrected chi connectivity index (χ3v) is 4.03. The summed E-state index contributed by atoms with van der Waals surface area (Å²) in [5.41, 5.74) is 1.14. The first kappa shape index (κ1) is 17.5. The van der Waals surface area contributed by atoms with Crippen LogP contribution in [-0.2, 0) is 4.74 Å². The molecule has 0 aromatic heterocycles. The zero-order chi connectivity index (χ0) is 14.8. The van der Waals surface area contributed by atoms with Gasteiger partial charge in [0.05, 0.1) is 18.8 Å². The second kappa shape index (κ2) is 10.2. The fourth-order valence-corrected chi connectivity index (χ4v) is 2.66. The van der Waals surface area contributed by atoms with Gasteiger partial charge in [-0.05, 0) is 37.0 Å². The van der Waals surface area contributed by atoms with Gasteiger partial charge in [-0.15, -0.1) is 0 Å². The summed E-state index contributed by atoms with van der Waals surface area (Å²) in [6.45, 7) is 6.10. The molecule has 2 N–H and O–H groups in total. The second-order valence-electron chi connectivity index (χ2n) is 5.26. The van der Waals surface area contributed by atoms with Crippen LogP contribution < -0.4 is 5.32 Å². The van der Waals surface area contributed by atoms with E-state index < -0.39 is 6.10 Å². The van der Waals surface area contributed by atoms with Crippen LogP contribution in [0.2, 0.25) is 0 Å². The number of hydrogen-bond donors (Lipinski definition) is 2. The summed E-state index contributed by atoms with van der Waals surface area (Å²) in [4.78, 5) is 0. The molecule has 0 heterocycles. The summed E-state index contributed by atoms with van der Waals surface area (Å²) in [7, 11) is 0. The number of thioether (sulfide) groups is 1. The predicted molar refractivity (Wildman–Crippen MR) is 87.2 cm³/mol. The van der Waals surface area contributed by atoms with E-state index in [9.17, 15) is 5.11 Å². The molecule has 0 aliphatic rings. The van der Waals surface area contributed by atoms with Gasteiger partial charge in [0.15, 0.2) is 0 Å². The van der Waals surface area contributed by atoms with Gasteiger partial charge in [0.25, 0.3) is 0 Å². The molecule has 0 saturated carbocycles. The van der Waals surface area contributed by atoms with Gasteiger partial charge in [-0.2, -0.15) is 11.8 Å². The summed E-state index contributed by atoms with van der Waals surface area (Å²) in [5, 5.41) is 13.2. The van der Waals surface area contributed by atoms with Crippen molar-refractivity contribution in [3.8, 4) is 0 Å². The van der Waals surface area contributed by atoms with E-state index in [1.54, 1.807) is 0 Å². The van der Waals surface area contributed by atoms with Crippen molar-refractivity contribution in [1.29, 1.82) is 0 Å². The van der Waals surface area contributed by atoms with E-state index >= 15 is 0 Å². The molecular weight excluding hydrogens is 270 g/mol. The minimum atomic E-state index is -0.456. The molecule has 3 nitrogen and oxygen atoms in total. The fraction of sp³-hybridized carbons (Fsp3) is 0.625. The molecule has 0 spiro atoms. The van der Waals surface area contributed by atoms with E-state index in [0.717, 1.165) is 17.9 Å². The quantitative estimate of drug-likeness (QED) is 0.697. The molecular formula is C16H27NO2S. The highest BCUT2D eigenvalue weighted by Gasteiger charge is 2.10. The average Bonchev–Trinajstić information content (AvgIpc) is 2.46. The van der Waals surface area contributed by atoms with Gasteiger partial charge in [-0.1, -0.05) is 37.3 Å². The van der Waals surface area contributed by atoms with Crippen LogP contribution in [0, 0.1) is 5.92 Å². The smallest absolute Gasteiger partial charge is 0.0897 e. The standard InChI is InChI=1S/C16H27NO2S/c1-13(12-20-3)9-17-10-16(18)11-19-14(2)15-7-5-4-6-8-15/h4-8,13-14,16-18H,9-12H2,1-3H3. The molecule has 1 aromatic rings. The molecule has 0 saturated heterocycles. The highest BCUT2D eigenvalue weighted by molar-refractivity contribution is 7.98. The van der Waals surface area contributed by atoms with Gasteiger partial charge in [-0.25, -0.2) is 0 Å². The molecule has 20 heavy (non-hydrogen) atoms. The van der Waals surface area contributed by atoms with E-state index in [1.807, 2.05) is 49.0 Å². The molecule has 0 fully saturated rings. The van der Waals surface area contributed by atoms with Crippen molar-refractivity contribution in [3.05, 3.63) is 35.9 Å². The molecule has 0 aliphatic carbocycles. The second-order valence-corrected chi connectivity index (χ2v) is 6.17. The average molecular weight is 297 g/mol. The third kappa shape index (κ3) is 7.29. The lowest BCUT2D eigenvalue weighted by Gasteiger charge is -2.18. The molecule has 4 heteroatoms. The van der Waals surface area contributed by atoms with Crippen LogP contribution in [0.5, 0.6) is 0 Å². The van der Waals surface area contributed by atoms with E-state index in [1.165, 1.54) is 0 Å². The minimum Gasteiger partial charge on any atom is -0.389 e. The third-order valence-electron chi connectivity index (χ3n) is 3.13. The van der Waals surface area contributed by atoms with Gasteiger partial charge < -0.3 is 15.2 Å². The fourth-order valence-electron chi connectivity index (χ4n) is 1.97. The molecule has 0 amide bonds. The Morgan fingerprint density at radius 1 is 1.20 bits per heavy atom. The van der Waals surface area contributed by atoms with Crippen molar-refractivity contribution >= 4 is 11.8 Å². The van der Waals surface area contributed by atoms with Crippen molar-refractivity contribution in [3.63, 3.8) is 0 Å². The highest BCUT2D eigenvalue weighted by Crippen LogP contribution is 2.15. The number of nitrogens with one attached hydrogen (secondary N) is 1. The Labute approximate surface area is 127 Å². The Morgan fingerprint density at radius 2 is 1.90 bits per heavy atom. The topological polar surface area (TPSA) is 41.5 Å². The van der Waals surface area contributed by atoms with E-state index in [2.05, 4.69) is 18.5 Å². The molecule has 3 atom stereocenters. The number of benzene rings is 1. The number of ether oxygens (including phenoxy) is 1. The largest absolute Gasteiger partial charge is 0.389 e. The molecule has 0 bridgehead atoms. The maximum Gasteiger partial charge on any atom is 0.0897 e. The maximum atomic E-state index is 9.90. The van der Waals surface area contributed by atoms with Crippen molar-refractivity contribution in [1.82, 2.24) is 5.32 Å². The van der Waals surface area contributed by atoms with Crippen molar-refractivity contribution in [2.24, 2.45) is 5.92 Å². The van der Waals surface area contributed by atoms with E-state index in [0.29, 0.717) is 19.1 Å². The normalized spacial score (nSPS) is 15.8. The van der Waals surface area contributed by atoms with Gasteiger partial charge in [0.1, 0.15) is 0 Å². The van der Waals surface area contributed by atoms with E-state index in [4.69, 9.17) is 4.74 Å². The van der Waals surface area contributed by atoms with Crippen LogP contribution in [0.25, 0.3) is 0 Å². The van der Waals surface area contributed by atoms with Crippen LogP contribution in [0.1, 0.15) is 25.5 Å². The molecule has 1 rings (SSSR count). The lowest BCUT2D eigenvalue weighted by Crippen LogP contribution is -2.33. The minimum absolute atomic E-state index is 0.0151. The van der Waals surface area contributed by atoms with Crippen LogP contribution in [-0.4, -0.2) is 42.9 Å². The zero-order valence-electron chi connectivity index (χ0n) is 12.7. The first-order chi connectivity index (χ1) is 9.63. The number of rotatable bonds is 10. The molecule has 3 unspecified atom stereocenters. The lowest BCUT2D eigenvalue weighted by atomic mass is 10.1. The number of aliphatic hydroxyl groups is 1. The Bertz CT molecular complexity index is 348. The monoisotopic (exact) mass is 297 g/mol. The van der Waals surface area contributed by atoms with Crippen LogP contribution in [0.3, 0.4) is 0 Å². The number of hydrogen-bond acceptors (Lipinski definition) is 4. The van der Waals surface area contributed by atoms with Gasteiger partial charge in [-0.3, -0.25) is 0 Å². The van der Waals surface area contributed by atoms with Gasteiger partial charge in [0, 0.05) is 6.54 Å². The Kier molecular flexibility index (Phi) is 8.94. The molecule has 0 radical (unpaired) electrons. The first-order valence-corrected chi connectivity index (χ1v) is 8.57. The molecule has 114 valence electrons. The predicted octanol–water partition coefficient (Wildman–Crippen LogP) is 2.71. The molecule has 1 aromatic carbocycles. The van der Waals surface area contributed by atoms with Crippen LogP contribution >= 0.6 is 11.8 Å². The van der Waals surface area contributed by atoms with Gasteiger partial charge in [0.2, 0.25) is 0 Å². The Hall–Kier alpha value is -0.550. The van der Waals surface area contributed by atoms with Crippen LogP contribution in [0.15, 0.2) is 30.3 Å². The zero-order valence-corrected chi connectivity index (χ0v) is 13.5. The summed E-state index contributed by atoms with van der Waals surface area (Å²) in [6.07, 6.45) is 1.67. The summed E-state index contributed by atoms with van der Waals surface area (Å²) in [5.74, 6) is 1.77. The Balaban J connectivity index is 2.15. The van der Waals surface area contributed by atoms with Crippen molar-refractivity contribution in [2.45, 2.75) is 26.1 Å². The van der Waals surface area contributed by atoms with Gasteiger partial charge >= 0.3 is 0 Å². The lowest BCUT2D eigenvalue weighted by molar-refractivity contribution is -0.00214. The number of aliphatic hydroxyl groups excluding tert-OH is 1. The van der Waals surface area contributed by atoms with Crippen molar-refractivity contribution in [2.75, 3.05) is 31.7 Å².